The van der Waals surface area contributed by atoms with Crippen molar-refractivity contribution < 1.29 is 4.79 Å². The number of aromatic nitrogens is 3. The Morgan fingerprint density at radius 1 is 1.50 bits per heavy atom. The second-order valence-corrected chi connectivity index (χ2v) is 3.51. The summed E-state index contributed by atoms with van der Waals surface area (Å²) in [5.41, 5.74) is 0.622. The van der Waals surface area contributed by atoms with E-state index in [0.717, 1.165) is 0 Å². The molecular formula is C10H9ClN4O. The van der Waals surface area contributed by atoms with Crippen molar-refractivity contribution in [1.82, 2.24) is 14.8 Å². The summed E-state index contributed by atoms with van der Waals surface area (Å²) in [5.74, 6) is -0.161. The van der Waals surface area contributed by atoms with Gasteiger partial charge in [0.25, 0.3) is 0 Å². The summed E-state index contributed by atoms with van der Waals surface area (Å²) in [6.07, 6.45) is 4.88. The highest BCUT2D eigenvalue weighted by atomic mass is 35.5. The molecule has 0 aliphatic rings. The number of pyridine rings is 1. The van der Waals surface area contributed by atoms with Crippen LogP contribution in [0.3, 0.4) is 0 Å². The van der Waals surface area contributed by atoms with Crippen LogP contribution in [0.1, 0.15) is 0 Å². The third kappa shape index (κ3) is 2.80. The van der Waals surface area contributed by atoms with E-state index in [4.69, 9.17) is 11.6 Å². The van der Waals surface area contributed by atoms with E-state index in [1.807, 2.05) is 0 Å². The van der Waals surface area contributed by atoms with Crippen LogP contribution in [0.15, 0.2) is 36.8 Å². The SMILES string of the molecule is O=C(Cn1cccn1)Nc1ccnc(Cl)c1. The minimum atomic E-state index is -0.161. The molecule has 16 heavy (non-hydrogen) atoms. The normalized spacial score (nSPS) is 10.1. The van der Waals surface area contributed by atoms with Crippen molar-refractivity contribution in [2.75, 3.05) is 5.32 Å². The maximum absolute atomic E-state index is 11.6. The van der Waals surface area contributed by atoms with Gasteiger partial charge in [-0.25, -0.2) is 4.98 Å². The molecule has 1 amide bonds. The summed E-state index contributed by atoms with van der Waals surface area (Å²) in [6.45, 7) is 0.174. The predicted octanol–water partition coefficient (Wildman–Crippen LogP) is 1.57. The predicted molar refractivity (Wildman–Crippen MR) is 60.1 cm³/mol. The topological polar surface area (TPSA) is 59.8 Å². The Morgan fingerprint density at radius 2 is 2.38 bits per heavy atom. The summed E-state index contributed by atoms with van der Waals surface area (Å²) in [4.78, 5) is 15.4. The fraction of sp³-hybridized carbons (Fsp3) is 0.100. The molecule has 0 aromatic carbocycles. The molecule has 0 spiro atoms. The lowest BCUT2D eigenvalue weighted by molar-refractivity contribution is -0.116. The van der Waals surface area contributed by atoms with Gasteiger partial charge in [0.1, 0.15) is 11.7 Å². The Morgan fingerprint density at radius 3 is 3.06 bits per heavy atom. The van der Waals surface area contributed by atoms with Crippen LogP contribution in [-0.2, 0) is 11.3 Å². The Balaban J connectivity index is 1.97. The Bertz CT molecular complexity index is 483. The number of carbonyl (C=O) groups excluding carboxylic acids is 1. The summed E-state index contributed by atoms with van der Waals surface area (Å²) in [6, 6.07) is 5.02. The van der Waals surface area contributed by atoms with Gasteiger partial charge in [0.05, 0.1) is 0 Å². The molecule has 0 atom stereocenters. The molecule has 1 N–H and O–H groups in total. The van der Waals surface area contributed by atoms with E-state index in [1.165, 1.54) is 10.9 Å². The average molecular weight is 237 g/mol. The average Bonchev–Trinajstić information content (AvgIpc) is 2.70. The van der Waals surface area contributed by atoms with E-state index in [1.54, 1.807) is 30.6 Å². The van der Waals surface area contributed by atoms with Gasteiger partial charge in [-0.15, -0.1) is 0 Å². The quantitative estimate of drug-likeness (QED) is 0.823. The summed E-state index contributed by atoms with van der Waals surface area (Å²) in [5, 5.41) is 6.97. The summed E-state index contributed by atoms with van der Waals surface area (Å²) >= 11 is 5.69. The first kappa shape index (κ1) is 10.6. The van der Waals surface area contributed by atoms with E-state index in [9.17, 15) is 4.79 Å². The minimum absolute atomic E-state index is 0.161. The van der Waals surface area contributed by atoms with Crippen molar-refractivity contribution in [1.29, 1.82) is 0 Å². The largest absolute Gasteiger partial charge is 0.324 e. The highest BCUT2D eigenvalue weighted by Gasteiger charge is 2.03. The molecule has 2 rings (SSSR count). The molecule has 0 unspecified atom stereocenters. The molecule has 82 valence electrons. The van der Waals surface area contributed by atoms with Crippen LogP contribution < -0.4 is 5.32 Å². The van der Waals surface area contributed by atoms with Crippen molar-refractivity contribution in [3.05, 3.63) is 41.9 Å². The van der Waals surface area contributed by atoms with Crippen molar-refractivity contribution in [3.8, 4) is 0 Å². The van der Waals surface area contributed by atoms with Crippen molar-refractivity contribution in [2.24, 2.45) is 0 Å². The molecule has 0 aliphatic carbocycles. The Labute approximate surface area is 97.1 Å². The molecule has 0 saturated heterocycles. The number of nitrogens with one attached hydrogen (secondary N) is 1. The lowest BCUT2D eigenvalue weighted by Gasteiger charge is -2.04. The summed E-state index contributed by atoms with van der Waals surface area (Å²) < 4.78 is 1.54. The highest BCUT2D eigenvalue weighted by molar-refractivity contribution is 6.29. The second-order valence-electron chi connectivity index (χ2n) is 3.12. The first-order valence-corrected chi connectivity index (χ1v) is 5.01. The van der Waals surface area contributed by atoms with Gasteiger partial charge < -0.3 is 5.32 Å². The molecule has 5 nitrogen and oxygen atoms in total. The fourth-order valence-corrected chi connectivity index (χ4v) is 1.40. The number of carbonyl (C=O) groups is 1. The van der Waals surface area contributed by atoms with Crippen molar-refractivity contribution in [2.45, 2.75) is 6.54 Å². The molecular weight excluding hydrogens is 228 g/mol. The zero-order valence-electron chi connectivity index (χ0n) is 8.30. The maximum Gasteiger partial charge on any atom is 0.246 e. The number of halogens is 1. The number of amides is 1. The lowest BCUT2D eigenvalue weighted by Crippen LogP contribution is -2.18. The number of anilines is 1. The van der Waals surface area contributed by atoms with Gasteiger partial charge in [0.2, 0.25) is 5.91 Å². The van der Waals surface area contributed by atoms with Gasteiger partial charge in [-0.2, -0.15) is 5.10 Å². The van der Waals surface area contributed by atoms with E-state index >= 15 is 0 Å². The smallest absolute Gasteiger partial charge is 0.246 e. The Hall–Kier alpha value is -1.88. The molecule has 0 bridgehead atoms. The van der Waals surface area contributed by atoms with Crippen LogP contribution in [0, 0.1) is 0 Å². The second kappa shape index (κ2) is 4.76. The third-order valence-electron chi connectivity index (χ3n) is 1.88. The van der Waals surface area contributed by atoms with E-state index in [0.29, 0.717) is 10.8 Å². The first-order chi connectivity index (χ1) is 7.74. The standard InChI is InChI=1S/C10H9ClN4O/c11-9-6-8(2-4-12-9)14-10(16)7-15-5-1-3-13-15/h1-6H,7H2,(H,12,14,16). The molecule has 0 saturated carbocycles. The number of nitrogens with zero attached hydrogens (tertiary/aromatic N) is 3. The minimum Gasteiger partial charge on any atom is -0.324 e. The van der Waals surface area contributed by atoms with E-state index in [-0.39, 0.29) is 12.5 Å². The number of hydrogen-bond donors (Lipinski definition) is 1. The third-order valence-corrected chi connectivity index (χ3v) is 2.08. The zero-order chi connectivity index (χ0) is 11.4. The molecule has 6 heteroatoms. The van der Waals surface area contributed by atoms with E-state index < -0.39 is 0 Å². The van der Waals surface area contributed by atoms with Crippen molar-refractivity contribution >= 4 is 23.2 Å². The summed E-state index contributed by atoms with van der Waals surface area (Å²) in [7, 11) is 0. The van der Waals surface area contributed by atoms with Crippen LogP contribution in [0.4, 0.5) is 5.69 Å². The van der Waals surface area contributed by atoms with Gasteiger partial charge in [-0.1, -0.05) is 11.6 Å². The van der Waals surface area contributed by atoms with Gasteiger partial charge in [0, 0.05) is 24.3 Å². The van der Waals surface area contributed by atoms with Gasteiger partial charge >= 0.3 is 0 Å². The van der Waals surface area contributed by atoms with Gasteiger partial charge in [-0.3, -0.25) is 9.48 Å². The lowest BCUT2D eigenvalue weighted by atomic mass is 10.4. The van der Waals surface area contributed by atoms with Gasteiger partial charge in [-0.05, 0) is 18.2 Å². The molecule has 2 aromatic heterocycles. The fourth-order valence-electron chi connectivity index (χ4n) is 1.22. The highest BCUT2D eigenvalue weighted by Crippen LogP contribution is 2.11. The Kier molecular flexibility index (Phi) is 3.16. The van der Waals surface area contributed by atoms with Gasteiger partial charge in [0.15, 0.2) is 0 Å². The van der Waals surface area contributed by atoms with Crippen molar-refractivity contribution in [3.63, 3.8) is 0 Å². The van der Waals surface area contributed by atoms with Crippen LogP contribution in [-0.4, -0.2) is 20.7 Å². The molecule has 2 aromatic rings. The molecule has 2 heterocycles. The molecule has 0 fully saturated rings. The van der Waals surface area contributed by atoms with Crippen LogP contribution in [0.2, 0.25) is 5.15 Å². The molecule has 0 aliphatic heterocycles. The first-order valence-electron chi connectivity index (χ1n) is 4.63. The van der Waals surface area contributed by atoms with Crippen LogP contribution >= 0.6 is 11.6 Å². The maximum atomic E-state index is 11.6. The molecule has 0 radical (unpaired) electrons. The monoisotopic (exact) mass is 236 g/mol. The van der Waals surface area contributed by atoms with E-state index in [2.05, 4.69) is 15.4 Å². The van der Waals surface area contributed by atoms with Crippen LogP contribution in [0.25, 0.3) is 0 Å². The number of hydrogen-bond acceptors (Lipinski definition) is 3. The number of rotatable bonds is 3. The zero-order valence-corrected chi connectivity index (χ0v) is 9.05. The van der Waals surface area contributed by atoms with Crippen LogP contribution in [0.5, 0.6) is 0 Å².